The number of carbonyl (C=O) groups is 2. The van der Waals surface area contributed by atoms with Crippen molar-refractivity contribution in [3.05, 3.63) is 84.1 Å². The van der Waals surface area contributed by atoms with Gasteiger partial charge in [0, 0.05) is 25.0 Å². The number of aliphatic carboxylic acids is 1. The lowest BCUT2D eigenvalue weighted by molar-refractivity contribution is -0.137. The quantitative estimate of drug-likeness (QED) is 0.516. The van der Waals surface area contributed by atoms with Crippen LogP contribution in [0.2, 0.25) is 0 Å². The summed E-state index contributed by atoms with van der Waals surface area (Å²) in [4.78, 5) is 30.3. The van der Waals surface area contributed by atoms with Gasteiger partial charge in [-0.05, 0) is 48.4 Å². The zero-order valence-electron chi connectivity index (χ0n) is 17.3. The van der Waals surface area contributed by atoms with Crippen LogP contribution in [0.5, 0.6) is 5.75 Å². The molecule has 7 nitrogen and oxygen atoms in total. The van der Waals surface area contributed by atoms with Gasteiger partial charge in [-0.3, -0.25) is 9.59 Å². The molecular formula is C24H25N3O4. The van der Waals surface area contributed by atoms with Crippen LogP contribution in [0.15, 0.2) is 72.9 Å². The third-order valence-corrected chi connectivity index (χ3v) is 4.79. The molecule has 0 aliphatic rings. The number of nitrogens with zero attached hydrogens (tertiary/aromatic N) is 2. The number of methoxy groups -OCH3 is 1. The van der Waals surface area contributed by atoms with E-state index in [1.54, 1.807) is 30.3 Å². The van der Waals surface area contributed by atoms with Crippen molar-refractivity contribution in [3.63, 3.8) is 0 Å². The van der Waals surface area contributed by atoms with Crippen LogP contribution < -0.4 is 10.1 Å². The smallest absolute Gasteiger partial charge is 0.305 e. The molecule has 0 aliphatic carbocycles. The van der Waals surface area contributed by atoms with Crippen molar-refractivity contribution in [2.75, 3.05) is 25.5 Å². The Morgan fingerprint density at radius 1 is 1.00 bits per heavy atom. The second-order valence-electron chi connectivity index (χ2n) is 6.92. The van der Waals surface area contributed by atoms with E-state index in [4.69, 9.17) is 9.84 Å². The van der Waals surface area contributed by atoms with E-state index < -0.39 is 5.97 Å². The number of benzene rings is 2. The maximum Gasteiger partial charge on any atom is 0.305 e. The summed E-state index contributed by atoms with van der Waals surface area (Å²) in [6, 6.07) is 20.5. The predicted octanol–water partition coefficient (Wildman–Crippen LogP) is 3.99. The molecule has 3 aromatic rings. The van der Waals surface area contributed by atoms with Crippen molar-refractivity contribution in [3.8, 4) is 5.75 Å². The van der Waals surface area contributed by atoms with Gasteiger partial charge in [-0.15, -0.1) is 0 Å². The maximum absolute atomic E-state index is 13.3. The molecule has 1 heterocycles. The number of ether oxygens (including phenoxy) is 1. The fourth-order valence-corrected chi connectivity index (χ4v) is 3.11. The summed E-state index contributed by atoms with van der Waals surface area (Å²) in [6.07, 6.45) is 2.12. The van der Waals surface area contributed by atoms with Crippen molar-refractivity contribution >= 4 is 23.4 Å². The van der Waals surface area contributed by atoms with Crippen LogP contribution in [0.3, 0.4) is 0 Å². The summed E-state index contributed by atoms with van der Waals surface area (Å²) in [5, 5.41) is 12.3. The van der Waals surface area contributed by atoms with Crippen LogP contribution >= 0.6 is 0 Å². The molecule has 0 spiro atoms. The summed E-state index contributed by atoms with van der Waals surface area (Å²) in [5.41, 5.74) is 2.23. The highest BCUT2D eigenvalue weighted by Gasteiger charge is 2.20. The van der Waals surface area contributed by atoms with Crippen molar-refractivity contribution < 1.29 is 19.4 Å². The van der Waals surface area contributed by atoms with Crippen LogP contribution in [0.4, 0.5) is 11.5 Å². The number of rotatable bonds is 10. The average molecular weight is 419 g/mol. The van der Waals surface area contributed by atoms with Crippen LogP contribution in [0.1, 0.15) is 22.3 Å². The summed E-state index contributed by atoms with van der Waals surface area (Å²) < 4.78 is 5.17. The summed E-state index contributed by atoms with van der Waals surface area (Å²) in [6.45, 7) is 0.533. The van der Waals surface area contributed by atoms with Crippen LogP contribution in [0.25, 0.3) is 0 Å². The van der Waals surface area contributed by atoms with Gasteiger partial charge in [-0.25, -0.2) is 4.98 Å². The minimum absolute atomic E-state index is 0.123. The lowest BCUT2D eigenvalue weighted by Crippen LogP contribution is -2.35. The van der Waals surface area contributed by atoms with Gasteiger partial charge in [0.15, 0.2) is 0 Å². The normalized spacial score (nSPS) is 10.4. The van der Waals surface area contributed by atoms with Crippen molar-refractivity contribution in [2.45, 2.75) is 12.8 Å². The van der Waals surface area contributed by atoms with Gasteiger partial charge in [0.05, 0.1) is 19.1 Å². The van der Waals surface area contributed by atoms with Gasteiger partial charge >= 0.3 is 5.97 Å². The Balaban J connectivity index is 1.79. The third-order valence-electron chi connectivity index (χ3n) is 4.79. The van der Waals surface area contributed by atoms with Crippen molar-refractivity contribution in [2.24, 2.45) is 0 Å². The van der Waals surface area contributed by atoms with E-state index in [-0.39, 0.29) is 18.9 Å². The molecular weight excluding hydrogens is 394 g/mol. The Morgan fingerprint density at radius 3 is 2.42 bits per heavy atom. The molecule has 0 saturated heterocycles. The summed E-state index contributed by atoms with van der Waals surface area (Å²) in [7, 11) is 1.60. The number of amides is 1. The van der Waals surface area contributed by atoms with Crippen molar-refractivity contribution in [1.29, 1.82) is 0 Å². The molecule has 2 aromatic carbocycles. The molecule has 0 fully saturated rings. The maximum atomic E-state index is 13.3. The molecule has 31 heavy (non-hydrogen) atoms. The zero-order chi connectivity index (χ0) is 22.1. The van der Waals surface area contributed by atoms with E-state index in [0.29, 0.717) is 24.3 Å². The standard InChI is InChI=1S/C24H25N3O4/c1-31-20-11-9-19(10-12-20)26-23-21(8-5-15-25-23)24(30)27(17-14-22(28)29)16-13-18-6-3-2-4-7-18/h2-12,15H,13-14,16-17H2,1H3,(H,25,26)(H,28,29). The molecule has 0 saturated carbocycles. The third kappa shape index (κ3) is 6.30. The van der Waals surface area contributed by atoms with Gasteiger partial charge in [0.1, 0.15) is 11.6 Å². The molecule has 0 unspecified atom stereocenters. The summed E-state index contributed by atoms with van der Waals surface area (Å²) in [5.74, 6) is -0.0668. The number of anilines is 2. The van der Waals surface area contributed by atoms with E-state index >= 15 is 0 Å². The molecule has 1 amide bonds. The second kappa shape index (κ2) is 10.8. The average Bonchev–Trinajstić information content (AvgIpc) is 2.80. The number of carbonyl (C=O) groups excluding carboxylic acids is 1. The van der Waals surface area contributed by atoms with Crippen LogP contribution in [0, 0.1) is 0 Å². The molecule has 0 bridgehead atoms. The van der Waals surface area contributed by atoms with Gasteiger partial charge in [-0.2, -0.15) is 0 Å². The number of carboxylic acids is 1. The van der Waals surface area contributed by atoms with Gasteiger partial charge < -0.3 is 20.1 Å². The lowest BCUT2D eigenvalue weighted by Gasteiger charge is -2.23. The molecule has 3 rings (SSSR count). The second-order valence-corrected chi connectivity index (χ2v) is 6.92. The fraction of sp³-hybridized carbons (Fsp3) is 0.208. The van der Waals surface area contributed by atoms with E-state index in [2.05, 4.69) is 10.3 Å². The first-order valence-electron chi connectivity index (χ1n) is 9.98. The minimum Gasteiger partial charge on any atom is -0.497 e. The number of carboxylic acid groups (broad SMARTS) is 1. The summed E-state index contributed by atoms with van der Waals surface area (Å²) >= 11 is 0. The van der Waals surface area contributed by atoms with E-state index in [9.17, 15) is 9.59 Å². The van der Waals surface area contributed by atoms with E-state index in [1.165, 1.54) is 0 Å². The van der Waals surface area contributed by atoms with E-state index in [0.717, 1.165) is 17.0 Å². The molecule has 2 N–H and O–H groups in total. The Kier molecular flexibility index (Phi) is 7.59. The molecule has 0 radical (unpaired) electrons. The molecule has 7 heteroatoms. The molecule has 160 valence electrons. The lowest BCUT2D eigenvalue weighted by atomic mass is 10.1. The first-order valence-corrected chi connectivity index (χ1v) is 9.98. The SMILES string of the molecule is COc1ccc(Nc2ncccc2C(=O)N(CCC(=O)O)CCc2ccccc2)cc1. The number of nitrogens with one attached hydrogen (secondary N) is 1. The highest BCUT2D eigenvalue weighted by molar-refractivity contribution is 5.99. The molecule has 0 aliphatic heterocycles. The Morgan fingerprint density at radius 2 is 1.74 bits per heavy atom. The highest BCUT2D eigenvalue weighted by atomic mass is 16.5. The Labute approximate surface area is 181 Å². The topological polar surface area (TPSA) is 91.8 Å². The van der Waals surface area contributed by atoms with E-state index in [1.807, 2.05) is 54.6 Å². The Bertz CT molecular complexity index is 1010. The van der Waals surface area contributed by atoms with Crippen LogP contribution in [-0.4, -0.2) is 47.1 Å². The fourth-order valence-electron chi connectivity index (χ4n) is 3.11. The molecule has 1 aromatic heterocycles. The van der Waals surface area contributed by atoms with Gasteiger partial charge in [-0.1, -0.05) is 30.3 Å². The van der Waals surface area contributed by atoms with Gasteiger partial charge in [0.2, 0.25) is 0 Å². The first kappa shape index (κ1) is 21.8. The highest BCUT2D eigenvalue weighted by Crippen LogP contribution is 2.22. The molecule has 0 atom stereocenters. The minimum atomic E-state index is -0.944. The zero-order valence-corrected chi connectivity index (χ0v) is 17.3. The number of hydrogen-bond donors (Lipinski definition) is 2. The van der Waals surface area contributed by atoms with Crippen LogP contribution in [-0.2, 0) is 11.2 Å². The first-order chi connectivity index (χ1) is 15.1. The largest absolute Gasteiger partial charge is 0.497 e. The number of hydrogen-bond acceptors (Lipinski definition) is 5. The monoisotopic (exact) mass is 419 g/mol. The van der Waals surface area contributed by atoms with Gasteiger partial charge in [0.25, 0.3) is 5.91 Å². The number of aromatic nitrogens is 1. The number of pyridine rings is 1. The Hall–Kier alpha value is -3.87. The predicted molar refractivity (Wildman–Crippen MR) is 119 cm³/mol. The van der Waals surface area contributed by atoms with Crippen molar-refractivity contribution in [1.82, 2.24) is 9.88 Å².